The summed E-state index contributed by atoms with van der Waals surface area (Å²) in [6.45, 7) is 4.27. The Hall–Kier alpha value is -2.93. The van der Waals surface area contributed by atoms with Crippen LogP contribution in [0.4, 0.5) is 4.39 Å². The van der Waals surface area contributed by atoms with Crippen LogP contribution in [0.5, 0.6) is 5.75 Å². The second kappa shape index (κ2) is 7.97. The van der Waals surface area contributed by atoms with Gasteiger partial charge in [-0.25, -0.2) is 5.43 Å². The van der Waals surface area contributed by atoms with Crippen molar-refractivity contribution in [3.63, 3.8) is 0 Å². The van der Waals surface area contributed by atoms with Crippen molar-refractivity contribution in [3.8, 4) is 5.75 Å². The van der Waals surface area contributed by atoms with Crippen LogP contribution in [0.2, 0.25) is 0 Å². The van der Waals surface area contributed by atoms with Gasteiger partial charge < -0.3 is 9.15 Å². The summed E-state index contributed by atoms with van der Waals surface area (Å²) in [7, 11) is 0. The number of hydrogen-bond donors (Lipinski definition) is 1. The minimum absolute atomic E-state index is 0.123. The third-order valence-corrected chi connectivity index (χ3v) is 4.51. The summed E-state index contributed by atoms with van der Waals surface area (Å²) in [4.78, 5) is 12.6. The second-order valence-electron chi connectivity index (χ2n) is 5.64. The van der Waals surface area contributed by atoms with Crippen molar-refractivity contribution in [1.82, 2.24) is 5.43 Å². The molecule has 1 aromatic carbocycles. The number of carbonyl (C=O) groups excluding carboxylic acids is 1. The highest BCUT2D eigenvalue weighted by atomic mass is 32.1. The lowest BCUT2D eigenvalue weighted by Gasteiger charge is -2.06. The molecule has 1 amide bonds. The number of hydrogen-bond acceptors (Lipinski definition) is 5. The van der Waals surface area contributed by atoms with E-state index in [0.717, 1.165) is 22.6 Å². The molecule has 0 saturated heterocycles. The Bertz CT molecular complexity index is 946. The molecule has 0 spiro atoms. The molecule has 2 aromatic heterocycles. The molecule has 26 heavy (non-hydrogen) atoms. The van der Waals surface area contributed by atoms with Gasteiger partial charge in [-0.3, -0.25) is 4.79 Å². The fraction of sp³-hybridized carbons (Fsp3) is 0.158. The molecule has 3 rings (SSSR count). The highest BCUT2D eigenvalue weighted by Crippen LogP contribution is 2.18. The number of amides is 1. The lowest BCUT2D eigenvalue weighted by Crippen LogP contribution is -2.16. The van der Waals surface area contributed by atoms with Crippen LogP contribution in [0.25, 0.3) is 0 Å². The number of nitrogens with one attached hydrogen (secondary N) is 1. The second-order valence-corrected chi connectivity index (χ2v) is 6.71. The summed E-state index contributed by atoms with van der Waals surface area (Å²) in [6, 6.07) is 12.0. The maximum absolute atomic E-state index is 12.9. The molecule has 0 aliphatic rings. The highest BCUT2D eigenvalue weighted by molar-refractivity contribution is 7.12. The molecule has 0 aliphatic carbocycles. The zero-order valence-corrected chi connectivity index (χ0v) is 15.1. The Morgan fingerprint density at radius 1 is 1.23 bits per heavy atom. The van der Waals surface area contributed by atoms with Gasteiger partial charge in [-0.05, 0) is 61.4 Å². The van der Waals surface area contributed by atoms with Gasteiger partial charge in [0.05, 0.1) is 11.1 Å². The van der Waals surface area contributed by atoms with Crippen molar-refractivity contribution < 1.29 is 18.3 Å². The van der Waals surface area contributed by atoms with Gasteiger partial charge in [0, 0.05) is 0 Å². The largest absolute Gasteiger partial charge is 0.486 e. The van der Waals surface area contributed by atoms with E-state index in [2.05, 4.69) is 10.5 Å². The molecule has 0 saturated carbocycles. The van der Waals surface area contributed by atoms with E-state index in [9.17, 15) is 9.18 Å². The third kappa shape index (κ3) is 4.58. The van der Waals surface area contributed by atoms with E-state index in [-0.39, 0.29) is 17.5 Å². The number of halogens is 1. The molecule has 0 bridgehead atoms. The van der Waals surface area contributed by atoms with E-state index >= 15 is 0 Å². The molecule has 0 fully saturated rings. The van der Waals surface area contributed by atoms with Crippen LogP contribution in [-0.4, -0.2) is 12.1 Å². The van der Waals surface area contributed by atoms with Crippen molar-refractivity contribution in [2.24, 2.45) is 5.10 Å². The first-order valence-corrected chi connectivity index (χ1v) is 8.70. The van der Waals surface area contributed by atoms with Crippen LogP contribution in [-0.2, 0) is 6.61 Å². The molecule has 0 atom stereocenters. The van der Waals surface area contributed by atoms with Crippen LogP contribution in [0.3, 0.4) is 0 Å². The first kappa shape index (κ1) is 17.9. The van der Waals surface area contributed by atoms with E-state index < -0.39 is 5.91 Å². The van der Waals surface area contributed by atoms with Gasteiger partial charge in [0.25, 0.3) is 0 Å². The smallest absolute Gasteiger partial charge is 0.307 e. The normalized spacial score (nSPS) is 11.0. The predicted octanol–water partition coefficient (Wildman–Crippen LogP) is 4.44. The molecule has 0 radical (unpaired) electrons. The topological polar surface area (TPSA) is 63.8 Å². The molecule has 5 nitrogen and oxygen atoms in total. The summed E-state index contributed by atoms with van der Waals surface area (Å²) in [5.41, 5.74) is 4.68. The number of thiophene rings is 1. The minimum Gasteiger partial charge on any atom is -0.486 e. The number of hydrazone groups is 1. The van der Waals surface area contributed by atoms with Crippen LogP contribution < -0.4 is 10.2 Å². The lowest BCUT2D eigenvalue weighted by atomic mass is 10.1. The molecule has 1 N–H and O–H groups in total. The number of furan rings is 1. The van der Waals surface area contributed by atoms with Gasteiger partial charge in [-0.2, -0.15) is 9.49 Å². The number of ether oxygens (including phenoxy) is 1. The summed E-state index contributed by atoms with van der Waals surface area (Å²) in [6.07, 6.45) is 1.37. The molecule has 0 aliphatic heterocycles. The first-order chi connectivity index (χ1) is 12.5. The average Bonchev–Trinajstić information content (AvgIpc) is 3.25. The van der Waals surface area contributed by atoms with Crippen molar-refractivity contribution in [3.05, 3.63) is 75.1 Å². The Morgan fingerprint density at radius 2 is 2.08 bits per heavy atom. The monoisotopic (exact) mass is 372 g/mol. The van der Waals surface area contributed by atoms with Gasteiger partial charge in [0.15, 0.2) is 10.9 Å². The van der Waals surface area contributed by atoms with Crippen molar-refractivity contribution in [2.45, 2.75) is 20.5 Å². The zero-order chi connectivity index (χ0) is 18.5. The van der Waals surface area contributed by atoms with Crippen LogP contribution in [0.1, 0.15) is 32.3 Å². The quantitative estimate of drug-likeness (QED) is 0.514. The van der Waals surface area contributed by atoms with Crippen molar-refractivity contribution in [1.29, 1.82) is 0 Å². The molecular formula is C19H17FN2O3S. The van der Waals surface area contributed by atoms with E-state index in [1.54, 1.807) is 18.2 Å². The SMILES string of the molecule is Cc1ccc(OCc2ccc(C(=O)N/N=C/c3ccc(F)s3)o2)cc1C. The lowest BCUT2D eigenvalue weighted by molar-refractivity contribution is 0.0923. The number of nitrogens with zero attached hydrogens (tertiary/aromatic N) is 1. The molecular weight excluding hydrogens is 355 g/mol. The van der Waals surface area contributed by atoms with Gasteiger partial charge in [-0.15, -0.1) is 11.3 Å². The van der Waals surface area contributed by atoms with E-state index in [4.69, 9.17) is 9.15 Å². The predicted molar refractivity (Wildman–Crippen MR) is 98.3 cm³/mol. The van der Waals surface area contributed by atoms with Crippen molar-refractivity contribution >= 4 is 23.5 Å². The zero-order valence-electron chi connectivity index (χ0n) is 14.3. The summed E-state index contributed by atoms with van der Waals surface area (Å²) < 4.78 is 24.0. The van der Waals surface area contributed by atoms with Crippen LogP contribution >= 0.6 is 11.3 Å². The van der Waals surface area contributed by atoms with Gasteiger partial charge in [0.2, 0.25) is 0 Å². The number of benzene rings is 1. The van der Waals surface area contributed by atoms with E-state index in [1.165, 1.54) is 17.8 Å². The number of rotatable bonds is 6. The Kier molecular flexibility index (Phi) is 5.48. The van der Waals surface area contributed by atoms with Crippen molar-refractivity contribution in [2.75, 3.05) is 0 Å². The molecule has 3 aromatic rings. The Balaban J connectivity index is 1.54. The fourth-order valence-corrected chi connectivity index (χ4v) is 2.75. The number of aryl methyl sites for hydroxylation is 2. The molecule has 2 heterocycles. The van der Waals surface area contributed by atoms with E-state index in [1.807, 2.05) is 32.0 Å². The number of carbonyl (C=O) groups is 1. The van der Waals surface area contributed by atoms with Crippen LogP contribution in [0.15, 0.2) is 52.0 Å². The Morgan fingerprint density at radius 3 is 2.81 bits per heavy atom. The maximum Gasteiger partial charge on any atom is 0.307 e. The average molecular weight is 372 g/mol. The third-order valence-electron chi connectivity index (χ3n) is 3.70. The van der Waals surface area contributed by atoms with Gasteiger partial charge in [-0.1, -0.05) is 6.07 Å². The molecule has 0 unspecified atom stereocenters. The standard InChI is InChI=1S/C19H17FN2O3S/c1-12-3-4-14(9-13(12)2)24-11-15-5-7-17(25-15)19(23)22-21-10-16-6-8-18(20)26-16/h3-10H,11H2,1-2H3,(H,22,23)/b21-10+. The molecule has 7 heteroatoms. The van der Waals surface area contributed by atoms with Gasteiger partial charge in [0.1, 0.15) is 18.1 Å². The minimum atomic E-state index is -0.490. The maximum atomic E-state index is 12.9. The fourth-order valence-electron chi connectivity index (χ4n) is 2.14. The Labute approximate surface area is 154 Å². The summed E-state index contributed by atoms with van der Waals surface area (Å²) in [5.74, 6) is 0.898. The summed E-state index contributed by atoms with van der Waals surface area (Å²) >= 11 is 0.938. The highest BCUT2D eigenvalue weighted by Gasteiger charge is 2.11. The summed E-state index contributed by atoms with van der Waals surface area (Å²) in [5, 5.41) is 3.47. The van der Waals surface area contributed by atoms with Gasteiger partial charge >= 0.3 is 5.91 Å². The first-order valence-electron chi connectivity index (χ1n) is 7.89. The van der Waals surface area contributed by atoms with E-state index in [0.29, 0.717) is 10.6 Å². The molecule has 134 valence electrons. The van der Waals surface area contributed by atoms with Crippen LogP contribution in [0, 0.1) is 19.0 Å².